The highest BCUT2D eigenvalue weighted by atomic mass is 19.4. The molecule has 1 heterocycles. The number of aliphatic hydroxyl groups is 1. The molecule has 0 atom stereocenters. The summed E-state index contributed by atoms with van der Waals surface area (Å²) in [5, 5.41) is 19.4. The molecule has 7 heteroatoms. The first kappa shape index (κ1) is 13.9. The smallest absolute Gasteiger partial charge is 0.475 e. The van der Waals surface area contributed by atoms with E-state index in [1.54, 1.807) is 6.08 Å². The van der Waals surface area contributed by atoms with Crippen LogP contribution in [-0.4, -0.2) is 41.0 Å². The van der Waals surface area contributed by atoms with Gasteiger partial charge < -0.3 is 15.5 Å². The molecule has 1 saturated heterocycles. The van der Waals surface area contributed by atoms with Gasteiger partial charge in [0.05, 0.1) is 5.60 Å². The van der Waals surface area contributed by atoms with Gasteiger partial charge >= 0.3 is 12.1 Å². The number of nitrogens with one attached hydrogen (secondary N) is 1. The molecular weight excluding hydrogens is 215 g/mol. The average molecular weight is 227 g/mol. The molecule has 0 aromatic heterocycles. The second-order valence-corrected chi connectivity index (χ2v) is 3.12. The van der Waals surface area contributed by atoms with E-state index in [0.29, 0.717) is 6.42 Å². The van der Waals surface area contributed by atoms with Crippen LogP contribution >= 0.6 is 0 Å². The maximum atomic E-state index is 10.6. The second kappa shape index (κ2) is 5.13. The molecule has 0 saturated carbocycles. The lowest BCUT2D eigenvalue weighted by molar-refractivity contribution is -0.192. The molecule has 1 rings (SSSR count). The number of hydrogen-bond acceptors (Lipinski definition) is 3. The van der Waals surface area contributed by atoms with Gasteiger partial charge in [-0.15, -0.1) is 6.58 Å². The number of hydrogen-bond donors (Lipinski definition) is 3. The lowest BCUT2D eigenvalue weighted by Crippen LogP contribution is -2.58. The fraction of sp³-hybridized carbons (Fsp3) is 0.625. The van der Waals surface area contributed by atoms with Gasteiger partial charge in [0, 0.05) is 13.1 Å². The van der Waals surface area contributed by atoms with Crippen LogP contribution in [0.3, 0.4) is 0 Å². The van der Waals surface area contributed by atoms with Crippen LogP contribution in [0.2, 0.25) is 0 Å². The van der Waals surface area contributed by atoms with E-state index in [1.807, 2.05) is 0 Å². The van der Waals surface area contributed by atoms with Crippen molar-refractivity contribution < 1.29 is 28.2 Å². The van der Waals surface area contributed by atoms with Gasteiger partial charge in [0.1, 0.15) is 0 Å². The molecular formula is C8H12F3NO3. The van der Waals surface area contributed by atoms with Crippen molar-refractivity contribution in [2.24, 2.45) is 0 Å². The van der Waals surface area contributed by atoms with E-state index in [2.05, 4.69) is 11.9 Å². The summed E-state index contributed by atoms with van der Waals surface area (Å²) in [4.78, 5) is 8.90. The minimum Gasteiger partial charge on any atom is -0.475 e. The van der Waals surface area contributed by atoms with Gasteiger partial charge in [-0.05, 0) is 6.42 Å². The molecule has 0 aromatic carbocycles. The first-order valence-corrected chi connectivity index (χ1v) is 4.05. The van der Waals surface area contributed by atoms with Crippen LogP contribution in [0.1, 0.15) is 6.42 Å². The largest absolute Gasteiger partial charge is 0.490 e. The number of carboxylic acids is 1. The highest BCUT2D eigenvalue weighted by Gasteiger charge is 2.38. The van der Waals surface area contributed by atoms with Gasteiger partial charge in [-0.3, -0.25) is 0 Å². The minimum atomic E-state index is -5.08. The number of halogens is 3. The van der Waals surface area contributed by atoms with E-state index in [9.17, 15) is 18.3 Å². The van der Waals surface area contributed by atoms with E-state index < -0.39 is 17.7 Å². The summed E-state index contributed by atoms with van der Waals surface area (Å²) in [5.74, 6) is -2.76. The summed E-state index contributed by atoms with van der Waals surface area (Å²) in [6.07, 6.45) is -2.62. The number of carboxylic acid groups (broad SMARTS) is 1. The van der Waals surface area contributed by atoms with E-state index in [4.69, 9.17) is 9.90 Å². The molecule has 0 aliphatic carbocycles. The molecule has 4 nitrogen and oxygen atoms in total. The Morgan fingerprint density at radius 2 is 1.93 bits per heavy atom. The van der Waals surface area contributed by atoms with Gasteiger partial charge in [0.2, 0.25) is 0 Å². The fourth-order valence-corrected chi connectivity index (χ4v) is 0.827. The number of β-amino-alcohol motifs (C(OH)–C–C–N with tert-alkyl or cyclic N) is 1. The van der Waals surface area contributed by atoms with Gasteiger partial charge in [-0.25, -0.2) is 4.79 Å². The Balaban J connectivity index is 0.000000265. The molecule has 0 bridgehead atoms. The Morgan fingerprint density at radius 3 is 2.00 bits per heavy atom. The molecule has 0 unspecified atom stereocenters. The van der Waals surface area contributed by atoms with Crippen molar-refractivity contribution in [3.63, 3.8) is 0 Å². The topological polar surface area (TPSA) is 69.6 Å². The predicted octanol–water partition coefficient (Wildman–Crippen LogP) is 0.530. The zero-order valence-electron chi connectivity index (χ0n) is 7.84. The zero-order chi connectivity index (χ0) is 12.1. The highest BCUT2D eigenvalue weighted by molar-refractivity contribution is 5.73. The van der Waals surface area contributed by atoms with Crippen molar-refractivity contribution in [2.45, 2.75) is 18.2 Å². The SMILES string of the molecule is C=CCC1(O)CNC1.O=C(O)C(F)(F)F. The highest BCUT2D eigenvalue weighted by Crippen LogP contribution is 2.14. The Kier molecular flexibility index (Phi) is 4.76. The molecule has 0 aromatic rings. The molecule has 0 spiro atoms. The molecule has 88 valence electrons. The van der Waals surface area contributed by atoms with Crippen molar-refractivity contribution in [1.29, 1.82) is 0 Å². The molecule has 15 heavy (non-hydrogen) atoms. The van der Waals surface area contributed by atoms with Crippen LogP contribution in [0.15, 0.2) is 12.7 Å². The van der Waals surface area contributed by atoms with Gasteiger partial charge in [-0.2, -0.15) is 13.2 Å². The maximum absolute atomic E-state index is 10.6. The fourth-order valence-electron chi connectivity index (χ4n) is 0.827. The standard InChI is InChI=1S/C6H11NO.C2HF3O2/c1-2-3-6(8)4-7-5-6;3-2(4,5)1(6)7/h2,7-8H,1,3-5H2;(H,6,7). The minimum absolute atomic E-state index is 0.457. The van der Waals surface area contributed by atoms with Gasteiger partial charge in [0.15, 0.2) is 0 Å². The van der Waals surface area contributed by atoms with E-state index >= 15 is 0 Å². The van der Waals surface area contributed by atoms with Crippen molar-refractivity contribution in [3.8, 4) is 0 Å². The summed E-state index contributed by atoms with van der Waals surface area (Å²) in [6, 6.07) is 0. The Labute approximate surface area is 84.4 Å². The van der Waals surface area contributed by atoms with Crippen molar-refractivity contribution in [1.82, 2.24) is 5.32 Å². The Morgan fingerprint density at radius 1 is 1.53 bits per heavy atom. The number of carbonyl (C=O) groups is 1. The van der Waals surface area contributed by atoms with E-state index in [1.165, 1.54) is 0 Å². The van der Waals surface area contributed by atoms with Crippen LogP contribution in [0.25, 0.3) is 0 Å². The second-order valence-electron chi connectivity index (χ2n) is 3.12. The van der Waals surface area contributed by atoms with Crippen molar-refractivity contribution >= 4 is 5.97 Å². The summed E-state index contributed by atoms with van der Waals surface area (Å²) in [7, 11) is 0. The van der Waals surface area contributed by atoms with Crippen LogP contribution in [0.4, 0.5) is 13.2 Å². The van der Waals surface area contributed by atoms with E-state index in [0.717, 1.165) is 13.1 Å². The molecule has 3 N–H and O–H groups in total. The first-order chi connectivity index (χ1) is 6.71. The average Bonchev–Trinajstić information content (AvgIpc) is 2.01. The zero-order valence-corrected chi connectivity index (χ0v) is 7.84. The summed E-state index contributed by atoms with van der Waals surface area (Å²) < 4.78 is 31.7. The normalized spacial score (nSPS) is 18.1. The van der Waals surface area contributed by atoms with Crippen LogP contribution < -0.4 is 5.32 Å². The van der Waals surface area contributed by atoms with Crippen molar-refractivity contribution in [3.05, 3.63) is 12.7 Å². The lowest BCUT2D eigenvalue weighted by atomic mass is 9.93. The number of rotatable bonds is 2. The summed E-state index contributed by atoms with van der Waals surface area (Å²) in [6.45, 7) is 4.98. The van der Waals surface area contributed by atoms with Crippen LogP contribution in [0, 0.1) is 0 Å². The van der Waals surface area contributed by atoms with E-state index in [-0.39, 0.29) is 0 Å². The van der Waals surface area contributed by atoms with Crippen molar-refractivity contribution in [2.75, 3.05) is 13.1 Å². The molecule has 1 aliphatic heterocycles. The molecule has 0 amide bonds. The summed E-state index contributed by atoms with van der Waals surface area (Å²) in [5.41, 5.74) is -0.457. The van der Waals surface area contributed by atoms with Crippen LogP contribution in [0.5, 0.6) is 0 Å². The molecule has 0 radical (unpaired) electrons. The van der Waals surface area contributed by atoms with Crippen LogP contribution in [-0.2, 0) is 4.79 Å². The van der Waals surface area contributed by atoms with Gasteiger partial charge in [-0.1, -0.05) is 6.08 Å². The first-order valence-electron chi connectivity index (χ1n) is 4.05. The Bertz CT molecular complexity index is 236. The third-order valence-electron chi connectivity index (χ3n) is 1.67. The third-order valence-corrected chi connectivity index (χ3v) is 1.67. The lowest BCUT2D eigenvalue weighted by Gasteiger charge is -2.36. The maximum Gasteiger partial charge on any atom is 0.490 e. The van der Waals surface area contributed by atoms with Gasteiger partial charge in [0.25, 0.3) is 0 Å². The summed E-state index contributed by atoms with van der Waals surface area (Å²) >= 11 is 0. The monoisotopic (exact) mass is 227 g/mol. The quantitative estimate of drug-likeness (QED) is 0.602. The molecule has 1 aliphatic rings. The third kappa shape index (κ3) is 5.38. The molecule has 1 fully saturated rings. The predicted molar refractivity (Wildman–Crippen MR) is 46.3 cm³/mol. The number of aliphatic carboxylic acids is 1. The Hall–Kier alpha value is -1.08. The number of alkyl halides is 3.